The number of aliphatic hydroxyl groups is 1. The summed E-state index contributed by atoms with van der Waals surface area (Å²) in [7, 11) is 4.25. The van der Waals surface area contributed by atoms with E-state index in [0.29, 0.717) is 34.6 Å². The number of aromatic nitrogens is 1. The van der Waals surface area contributed by atoms with Gasteiger partial charge in [0.2, 0.25) is 0 Å². The van der Waals surface area contributed by atoms with Crippen molar-refractivity contribution in [2.45, 2.75) is 27.7 Å². The molecule has 1 aliphatic heterocycles. The van der Waals surface area contributed by atoms with Crippen molar-refractivity contribution in [2.75, 3.05) is 26.2 Å². The van der Waals surface area contributed by atoms with Crippen LogP contribution in [0.4, 0.5) is 10.1 Å². The summed E-state index contributed by atoms with van der Waals surface area (Å²) in [6.45, 7) is 11.1. The maximum absolute atomic E-state index is 13.6. The molecule has 0 bridgehead atoms. The molecule has 2 aromatic rings. The zero-order valence-electron chi connectivity index (χ0n) is 19.8. The first-order valence-corrected chi connectivity index (χ1v) is 10.6. The average Bonchev–Trinajstić information content (AvgIpc) is 3.20. The number of hydrogen-bond acceptors (Lipinski definition) is 4. The molecule has 2 amide bonds. The number of rotatable bonds is 7. The van der Waals surface area contributed by atoms with Gasteiger partial charge in [0, 0.05) is 62.8 Å². The Morgan fingerprint density at radius 1 is 1.32 bits per heavy atom. The van der Waals surface area contributed by atoms with Crippen LogP contribution < -0.4 is 5.32 Å². The standard InChI is InChI=1S/C22H27FN4O2.CH2BNO.Y/c1-5-27(6-2)10-9-24-22(29)20-13(3)19(25-14(20)4)12-17-16-11-15(23)7-8-18(16)26-21(17)28;2-1(3)4;/h7-8,11-12H,5-6,9-10H2,1-4H3,(H3,24,25,26,28,29);(H2,3,4);/p-1. The molecule has 8 nitrogen and oxygen atoms in total. The zero-order chi connectivity index (χ0) is 24.7. The molecular weight excluding hydrogens is 513 g/mol. The molecule has 0 saturated carbocycles. The molecule has 0 aliphatic carbocycles. The Morgan fingerprint density at radius 2 is 1.94 bits per heavy atom. The maximum Gasteiger partial charge on any atom is 0.253 e. The van der Waals surface area contributed by atoms with Crippen LogP contribution in [0.15, 0.2) is 18.2 Å². The first-order valence-electron chi connectivity index (χ1n) is 10.6. The number of likely N-dealkylation sites (N-methyl/N-ethyl adjacent to an activating group) is 1. The van der Waals surface area contributed by atoms with Gasteiger partial charge in [-0.15, -0.1) is 5.69 Å². The van der Waals surface area contributed by atoms with Crippen LogP contribution in [-0.2, 0) is 37.5 Å². The number of aliphatic hydroxyl groups excluding tert-OH is 1. The third-order valence-electron chi connectivity index (χ3n) is 5.30. The third-order valence-corrected chi connectivity index (χ3v) is 5.30. The Labute approximate surface area is 225 Å². The molecule has 177 valence electrons. The van der Waals surface area contributed by atoms with Crippen molar-refractivity contribution in [1.82, 2.24) is 15.2 Å². The van der Waals surface area contributed by atoms with Crippen LogP contribution in [0.5, 0.6) is 0 Å². The molecule has 1 aromatic heterocycles. The molecule has 4 N–H and O–H groups in total. The van der Waals surface area contributed by atoms with Crippen LogP contribution in [0.3, 0.4) is 0 Å². The molecule has 34 heavy (non-hydrogen) atoms. The van der Waals surface area contributed by atoms with E-state index >= 15 is 0 Å². The summed E-state index contributed by atoms with van der Waals surface area (Å²) in [6.07, 6.45) is 1.64. The second-order valence-electron chi connectivity index (χ2n) is 7.47. The minimum absolute atomic E-state index is 0. The predicted molar refractivity (Wildman–Crippen MR) is 129 cm³/mol. The number of nitrogens with zero attached hydrogens (tertiary/aromatic N) is 2. The summed E-state index contributed by atoms with van der Waals surface area (Å²) in [4.78, 5) is 30.4. The fourth-order valence-electron chi connectivity index (χ4n) is 3.61. The summed E-state index contributed by atoms with van der Waals surface area (Å²) in [5.41, 5.74) is 3.91. The minimum atomic E-state index is -0.833. The number of aromatic amines is 1. The monoisotopic (exact) mass is 541 g/mol. The van der Waals surface area contributed by atoms with Gasteiger partial charge in [0.1, 0.15) is 11.6 Å². The molecule has 0 fully saturated rings. The number of amides is 2. The van der Waals surface area contributed by atoms with E-state index in [1.165, 1.54) is 18.2 Å². The van der Waals surface area contributed by atoms with Gasteiger partial charge in [-0.25, -0.2) is 4.39 Å². The normalized spacial score (nSPS) is 13.0. The summed E-state index contributed by atoms with van der Waals surface area (Å²) in [6, 6.07) is 4.08. The van der Waals surface area contributed by atoms with Gasteiger partial charge in [-0.1, -0.05) is 19.9 Å². The molecule has 1 aliphatic rings. The van der Waals surface area contributed by atoms with Crippen molar-refractivity contribution in [3.63, 3.8) is 0 Å². The number of hydrogen-bond donors (Lipinski definition) is 4. The summed E-state index contributed by atoms with van der Waals surface area (Å²) < 4.78 is 13.6. The molecule has 3 radical (unpaired) electrons. The van der Waals surface area contributed by atoms with Gasteiger partial charge < -0.3 is 30.4 Å². The van der Waals surface area contributed by atoms with Gasteiger partial charge in [-0.3, -0.25) is 10.2 Å². The molecule has 3 rings (SSSR count). The van der Waals surface area contributed by atoms with Crippen molar-refractivity contribution < 1.29 is 51.8 Å². The second kappa shape index (κ2) is 13.6. The van der Waals surface area contributed by atoms with E-state index < -0.39 is 17.5 Å². The van der Waals surface area contributed by atoms with Crippen LogP contribution >= 0.6 is 0 Å². The van der Waals surface area contributed by atoms with Crippen LogP contribution in [0.25, 0.3) is 17.0 Å². The minimum Gasteiger partial charge on any atom is -0.622 e. The number of benzene rings is 1. The number of fused-ring (bicyclic) bond motifs is 1. The fraction of sp³-hybridized carbons (Fsp3) is 0.348. The van der Waals surface area contributed by atoms with Crippen molar-refractivity contribution in [3.05, 3.63) is 57.4 Å². The quantitative estimate of drug-likeness (QED) is 0.185. The van der Waals surface area contributed by atoms with Gasteiger partial charge >= 0.3 is 0 Å². The maximum atomic E-state index is 13.6. The first kappa shape index (κ1) is 29.7. The molecule has 0 atom stereocenters. The summed E-state index contributed by atoms with van der Waals surface area (Å²) in [5.74, 6) is -1.82. The van der Waals surface area contributed by atoms with Gasteiger partial charge in [0.25, 0.3) is 5.91 Å². The zero-order valence-corrected chi connectivity index (χ0v) is 22.7. The number of aryl methyl sites for hydroxylation is 1. The van der Waals surface area contributed by atoms with Crippen molar-refractivity contribution in [1.29, 1.82) is 5.41 Å². The van der Waals surface area contributed by atoms with Crippen LogP contribution in [0.2, 0.25) is 0 Å². The number of H-pyrrole nitrogens is 1. The predicted octanol–water partition coefficient (Wildman–Crippen LogP) is 3.57. The Bertz CT molecular complexity index is 1080. The third kappa shape index (κ3) is 7.61. The van der Waals surface area contributed by atoms with Crippen LogP contribution in [0, 0.1) is 25.1 Å². The molecule has 11 heteroatoms. The van der Waals surface area contributed by atoms with Gasteiger partial charge in [-0.05, 0) is 56.3 Å². The summed E-state index contributed by atoms with van der Waals surface area (Å²) >= 11 is 0. The Morgan fingerprint density at radius 3 is 2.53 bits per heavy atom. The number of carbonyl (C=O) groups is 2. The van der Waals surface area contributed by atoms with E-state index in [9.17, 15) is 14.0 Å². The van der Waals surface area contributed by atoms with Crippen molar-refractivity contribution in [2.24, 2.45) is 0 Å². The molecule has 0 spiro atoms. The van der Waals surface area contributed by atoms with Gasteiger partial charge in [0.05, 0.1) is 11.5 Å². The van der Waals surface area contributed by atoms with Crippen molar-refractivity contribution in [3.8, 4) is 0 Å². The number of nitrogens with one attached hydrogen (secondary N) is 3. The van der Waals surface area contributed by atoms with Gasteiger partial charge in [-0.2, -0.15) is 0 Å². The van der Waals surface area contributed by atoms with E-state index in [4.69, 9.17) is 10.5 Å². The van der Waals surface area contributed by atoms with Crippen molar-refractivity contribution >= 4 is 42.8 Å². The van der Waals surface area contributed by atoms with E-state index in [2.05, 4.69) is 42.2 Å². The molecule has 0 unspecified atom stereocenters. The molecular formula is C23H28BFN5O3Y-. The molecule has 1 aromatic carbocycles. The fourth-order valence-corrected chi connectivity index (χ4v) is 3.61. The Kier molecular flexibility index (Phi) is 11.9. The van der Waals surface area contributed by atoms with E-state index in [1.54, 1.807) is 6.08 Å². The second-order valence-corrected chi connectivity index (χ2v) is 7.47. The van der Waals surface area contributed by atoms with Crippen LogP contribution in [0.1, 0.15) is 46.7 Å². The SMILES string of the molecule is CCN(CC)CCNC(=O)c1c(C)[nH]c(/C=C2\C(=O)[N-]c3ccc(F)cc32)c1C.[B]C(=N)O.[Y]. The Balaban J connectivity index is 0.00000107. The van der Waals surface area contributed by atoms with E-state index in [0.717, 1.165) is 30.9 Å². The number of halogens is 1. The topological polar surface area (TPSA) is 123 Å². The molecule has 0 saturated heterocycles. The van der Waals surface area contributed by atoms with Gasteiger partial charge in [0.15, 0.2) is 7.85 Å². The Hall–Kier alpha value is -2.29. The first-order chi connectivity index (χ1) is 15.6. The largest absolute Gasteiger partial charge is 0.622 e. The summed E-state index contributed by atoms with van der Waals surface area (Å²) in [5, 5.41) is 20.2. The number of carbonyl (C=O) groups excluding carboxylic acids is 2. The average molecular weight is 541 g/mol. The van der Waals surface area contributed by atoms with E-state index in [1.807, 2.05) is 13.8 Å². The van der Waals surface area contributed by atoms with E-state index in [-0.39, 0.29) is 38.6 Å². The smallest absolute Gasteiger partial charge is 0.253 e. The molecule has 2 heterocycles. The van der Waals surface area contributed by atoms with Crippen LogP contribution in [-0.4, -0.2) is 66.6 Å².